The normalized spacial score (nSPS) is 22.7. The lowest BCUT2D eigenvalue weighted by Gasteiger charge is -2.33. The van der Waals surface area contributed by atoms with Crippen molar-refractivity contribution < 1.29 is 12.8 Å². The molecule has 20 heavy (non-hydrogen) atoms. The summed E-state index contributed by atoms with van der Waals surface area (Å²) in [6, 6.07) is 3.92. The maximum atomic E-state index is 13.9. The molecular weight excluding hydrogens is 303 g/mol. The highest BCUT2D eigenvalue weighted by molar-refractivity contribution is 7.89. The zero-order valence-electron chi connectivity index (χ0n) is 11.2. The monoisotopic (exact) mass is 320 g/mol. The van der Waals surface area contributed by atoms with Crippen molar-refractivity contribution in [2.45, 2.75) is 30.7 Å². The van der Waals surface area contributed by atoms with Gasteiger partial charge in [0.1, 0.15) is 4.90 Å². The van der Waals surface area contributed by atoms with Crippen molar-refractivity contribution in [2.24, 2.45) is 11.7 Å². The van der Waals surface area contributed by atoms with Gasteiger partial charge >= 0.3 is 0 Å². The Kier molecular flexibility index (Phi) is 4.69. The molecule has 2 rings (SSSR count). The van der Waals surface area contributed by atoms with Crippen LogP contribution in [0.2, 0.25) is 5.02 Å². The fraction of sp³-hybridized carbons (Fsp3) is 0.538. The van der Waals surface area contributed by atoms with Crippen molar-refractivity contribution in [3.63, 3.8) is 0 Å². The summed E-state index contributed by atoms with van der Waals surface area (Å²) >= 11 is 5.66. The van der Waals surface area contributed by atoms with Crippen LogP contribution in [0.25, 0.3) is 0 Å². The Morgan fingerprint density at radius 1 is 1.50 bits per heavy atom. The molecule has 0 unspecified atom stereocenters. The first kappa shape index (κ1) is 15.7. The molecule has 4 nitrogen and oxygen atoms in total. The molecule has 1 aliphatic heterocycles. The Balaban J connectivity index is 2.33. The standard InChI is InChI=1S/C13H18ClFN2O2S/c1-9(16)10-4-3-7-17(8-10)20(18,19)12-6-2-5-11(14)13(12)15/h2,5-6,9-10H,3-4,7-8,16H2,1H3/t9-,10-/m1/s1. The number of nitrogens with zero attached hydrogens (tertiary/aromatic N) is 1. The van der Waals surface area contributed by atoms with Crippen molar-refractivity contribution in [2.75, 3.05) is 13.1 Å². The van der Waals surface area contributed by atoms with Gasteiger partial charge in [-0.25, -0.2) is 12.8 Å². The molecule has 0 aromatic heterocycles. The van der Waals surface area contributed by atoms with Crippen LogP contribution in [-0.4, -0.2) is 31.9 Å². The Labute approximate surface area is 123 Å². The van der Waals surface area contributed by atoms with Gasteiger partial charge in [0.05, 0.1) is 5.02 Å². The highest BCUT2D eigenvalue weighted by atomic mass is 35.5. The van der Waals surface area contributed by atoms with Crippen molar-refractivity contribution in [3.8, 4) is 0 Å². The average Bonchev–Trinajstić information content (AvgIpc) is 2.41. The van der Waals surface area contributed by atoms with Gasteiger partial charge < -0.3 is 5.73 Å². The van der Waals surface area contributed by atoms with Gasteiger partial charge in [0, 0.05) is 19.1 Å². The molecule has 2 N–H and O–H groups in total. The van der Waals surface area contributed by atoms with Gasteiger partial charge in [-0.15, -0.1) is 0 Å². The number of halogens is 2. The second-order valence-corrected chi connectivity index (χ2v) is 7.49. The fourth-order valence-electron chi connectivity index (χ4n) is 2.44. The maximum Gasteiger partial charge on any atom is 0.246 e. The van der Waals surface area contributed by atoms with E-state index in [1.165, 1.54) is 22.5 Å². The molecule has 0 radical (unpaired) electrons. The fourth-order valence-corrected chi connectivity index (χ4v) is 4.30. The summed E-state index contributed by atoms with van der Waals surface area (Å²) in [5.74, 6) is -0.794. The molecule has 1 heterocycles. The molecule has 1 saturated heterocycles. The number of sulfonamides is 1. The summed E-state index contributed by atoms with van der Waals surface area (Å²) in [4.78, 5) is -0.365. The van der Waals surface area contributed by atoms with Crippen LogP contribution in [0.1, 0.15) is 19.8 Å². The molecule has 1 aromatic carbocycles. The molecule has 112 valence electrons. The summed E-state index contributed by atoms with van der Waals surface area (Å²) in [7, 11) is -3.86. The summed E-state index contributed by atoms with van der Waals surface area (Å²) < 4.78 is 40.3. The molecule has 1 fully saturated rings. The van der Waals surface area contributed by atoms with Crippen LogP contribution in [0.3, 0.4) is 0 Å². The lowest BCUT2D eigenvalue weighted by molar-refractivity contribution is 0.242. The SMILES string of the molecule is C[C@@H](N)[C@@H]1CCCN(S(=O)(=O)c2cccc(Cl)c2F)C1. The molecule has 2 atom stereocenters. The number of hydrogen-bond donors (Lipinski definition) is 1. The van der Waals surface area contributed by atoms with E-state index in [0.717, 1.165) is 12.8 Å². The van der Waals surface area contributed by atoms with Crippen molar-refractivity contribution in [3.05, 3.63) is 29.0 Å². The third-order valence-electron chi connectivity index (χ3n) is 3.70. The van der Waals surface area contributed by atoms with Crippen molar-refractivity contribution >= 4 is 21.6 Å². The van der Waals surface area contributed by atoms with Crippen molar-refractivity contribution in [1.29, 1.82) is 0 Å². The largest absolute Gasteiger partial charge is 0.328 e. The molecule has 0 saturated carbocycles. The minimum Gasteiger partial charge on any atom is -0.328 e. The first-order chi connectivity index (χ1) is 9.34. The molecule has 0 bridgehead atoms. The van der Waals surface area contributed by atoms with Crippen LogP contribution >= 0.6 is 11.6 Å². The van der Waals surface area contributed by atoms with E-state index in [2.05, 4.69) is 0 Å². The van der Waals surface area contributed by atoms with Crippen LogP contribution in [0.15, 0.2) is 23.1 Å². The lowest BCUT2D eigenvalue weighted by Crippen LogP contribution is -2.45. The molecule has 0 aliphatic carbocycles. The van der Waals surface area contributed by atoms with Gasteiger partial charge in [-0.2, -0.15) is 4.31 Å². The summed E-state index contributed by atoms with van der Waals surface area (Å²) in [6.07, 6.45) is 1.62. The highest BCUT2D eigenvalue weighted by Gasteiger charge is 2.33. The van der Waals surface area contributed by atoms with Crippen LogP contribution in [0.5, 0.6) is 0 Å². The Hall–Kier alpha value is -0.690. The van der Waals surface area contributed by atoms with E-state index in [9.17, 15) is 12.8 Å². The number of piperidine rings is 1. The summed E-state index contributed by atoms with van der Waals surface area (Å²) in [5.41, 5.74) is 5.85. The van der Waals surface area contributed by atoms with Gasteiger partial charge in [-0.05, 0) is 37.8 Å². The van der Waals surface area contributed by atoms with E-state index in [-0.39, 0.29) is 21.9 Å². The zero-order chi connectivity index (χ0) is 14.9. The summed E-state index contributed by atoms with van der Waals surface area (Å²) in [6.45, 7) is 2.57. The average molecular weight is 321 g/mol. The Bertz CT molecular complexity index is 592. The maximum absolute atomic E-state index is 13.9. The number of nitrogens with two attached hydrogens (primary N) is 1. The molecule has 7 heteroatoms. The molecule has 0 spiro atoms. The predicted octanol–water partition coefficient (Wildman–Crippen LogP) is 2.23. The van der Waals surface area contributed by atoms with E-state index in [4.69, 9.17) is 17.3 Å². The zero-order valence-corrected chi connectivity index (χ0v) is 12.8. The van der Waals surface area contributed by atoms with E-state index >= 15 is 0 Å². The first-order valence-corrected chi connectivity index (χ1v) is 8.35. The quantitative estimate of drug-likeness (QED) is 0.929. The molecule has 0 amide bonds. The van der Waals surface area contributed by atoms with E-state index in [1.54, 1.807) is 0 Å². The van der Waals surface area contributed by atoms with Crippen LogP contribution in [-0.2, 0) is 10.0 Å². The third-order valence-corrected chi connectivity index (χ3v) is 5.87. The van der Waals surface area contributed by atoms with Crippen LogP contribution in [0.4, 0.5) is 4.39 Å². The van der Waals surface area contributed by atoms with Gasteiger partial charge in [0.2, 0.25) is 10.0 Å². The first-order valence-electron chi connectivity index (χ1n) is 6.53. The van der Waals surface area contributed by atoms with Gasteiger partial charge in [0.15, 0.2) is 5.82 Å². The lowest BCUT2D eigenvalue weighted by atomic mass is 9.93. The molecule has 1 aliphatic rings. The second-order valence-electron chi connectivity index (χ2n) is 5.18. The van der Waals surface area contributed by atoms with Crippen LogP contribution in [0, 0.1) is 11.7 Å². The minimum absolute atomic E-state index is 0.0859. The predicted molar refractivity (Wildman–Crippen MR) is 76.5 cm³/mol. The van der Waals surface area contributed by atoms with E-state index in [0.29, 0.717) is 13.1 Å². The third kappa shape index (κ3) is 2.98. The smallest absolute Gasteiger partial charge is 0.246 e. The number of hydrogen-bond acceptors (Lipinski definition) is 3. The Morgan fingerprint density at radius 3 is 2.85 bits per heavy atom. The second kappa shape index (κ2) is 5.97. The minimum atomic E-state index is -3.86. The Morgan fingerprint density at radius 2 is 2.20 bits per heavy atom. The van der Waals surface area contributed by atoms with Crippen molar-refractivity contribution in [1.82, 2.24) is 4.31 Å². The van der Waals surface area contributed by atoms with E-state index < -0.39 is 15.8 Å². The van der Waals surface area contributed by atoms with E-state index in [1.807, 2.05) is 6.92 Å². The number of rotatable bonds is 3. The topological polar surface area (TPSA) is 63.4 Å². The highest BCUT2D eigenvalue weighted by Crippen LogP contribution is 2.28. The molecular formula is C13H18ClFN2O2S. The van der Waals surface area contributed by atoms with Gasteiger partial charge in [-0.3, -0.25) is 0 Å². The van der Waals surface area contributed by atoms with Crippen LogP contribution < -0.4 is 5.73 Å². The van der Waals surface area contributed by atoms with Gasteiger partial charge in [-0.1, -0.05) is 17.7 Å². The molecule has 1 aromatic rings. The number of benzene rings is 1. The van der Waals surface area contributed by atoms with Gasteiger partial charge in [0.25, 0.3) is 0 Å². The summed E-state index contributed by atoms with van der Waals surface area (Å²) in [5, 5.41) is -0.188.